The number of H-pyrrole nitrogens is 1. The van der Waals surface area contributed by atoms with Crippen LogP contribution in [0, 0.1) is 10.5 Å². The minimum absolute atomic E-state index is 0.169. The Labute approximate surface area is 122 Å². The van der Waals surface area contributed by atoms with Gasteiger partial charge in [-0.05, 0) is 47.7 Å². The molecule has 94 valence electrons. The van der Waals surface area contributed by atoms with E-state index in [1.807, 2.05) is 6.07 Å². The molecule has 0 aliphatic rings. The number of nitrogen functional groups attached to an aromatic ring is 1. The first-order valence-electron chi connectivity index (χ1n) is 5.06. The number of aromatic nitrogens is 2. The van der Waals surface area contributed by atoms with Crippen molar-refractivity contribution in [3.63, 3.8) is 0 Å². The van der Waals surface area contributed by atoms with Crippen LogP contribution in [0.15, 0.2) is 18.2 Å². The highest BCUT2D eigenvalue weighted by atomic mass is 127. The SMILES string of the molecule is Cc1[nH]nc(C(=O)Nc2ccc(I)cc2Cl)c1N. The van der Waals surface area contributed by atoms with E-state index < -0.39 is 0 Å². The van der Waals surface area contributed by atoms with Crippen molar-refractivity contribution in [2.75, 3.05) is 11.1 Å². The third-order valence-electron chi connectivity index (χ3n) is 2.39. The van der Waals surface area contributed by atoms with Gasteiger partial charge >= 0.3 is 0 Å². The fourth-order valence-electron chi connectivity index (χ4n) is 1.38. The highest BCUT2D eigenvalue weighted by molar-refractivity contribution is 14.1. The highest BCUT2D eigenvalue weighted by Crippen LogP contribution is 2.25. The maximum Gasteiger partial charge on any atom is 0.278 e. The summed E-state index contributed by atoms with van der Waals surface area (Å²) in [5.74, 6) is -0.389. The number of benzene rings is 1. The third-order valence-corrected chi connectivity index (χ3v) is 3.37. The van der Waals surface area contributed by atoms with Gasteiger partial charge in [0.2, 0.25) is 0 Å². The summed E-state index contributed by atoms with van der Waals surface area (Å²) >= 11 is 8.17. The molecule has 1 amide bonds. The molecule has 0 unspecified atom stereocenters. The molecule has 0 spiro atoms. The van der Waals surface area contributed by atoms with Crippen molar-refractivity contribution >= 4 is 51.5 Å². The van der Waals surface area contributed by atoms with Crippen LogP contribution in [0.4, 0.5) is 11.4 Å². The number of carbonyl (C=O) groups is 1. The molecule has 1 heterocycles. The van der Waals surface area contributed by atoms with Crippen LogP contribution >= 0.6 is 34.2 Å². The van der Waals surface area contributed by atoms with Gasteiger partial charge in [-0.15, -0.1) is 0 Å². The summed E-state index contributed by atoms with van der Waals surface area (Å²) in [6.07, 6.45) is 0. The molecular formula is C11H10ClIN4O. The molecule has 7 heteroatoms. The van der Waals surface area contributed by atoms with Crippen molar-refractivity contribution in [2.45, 2.75) is 6.92 Å². The van der Waals surface area contributed by atoms with Crippen molar-refractivity contribution in [2.24, 2.45) is 0 Å². The average Bonchev–Trinajstić information content (AvgIpc) is 2.64. The maximum absolute atomic E-state index is 12.0. The second kappa shape index (κ2) is 5.15. The van der Waals surface area contributed by atoms with Gasteiger partial charge in [0.1, 0.15) is 0 Å². The number of hydrogen-bond acceptors (Lipinski definition) is 3. The van der Waals surface area contributed by atoms with Gasteiger partial charge in [-0.3, -0.25) is 9.89 Å². The summed E-state index contributed by atoms with van der Waals surface area (Å²) in [5.41, 5.74) is 7.43. The molecule has 18 heavy (non-hydrogen) atoms. The quantitative estimate of drug-likeness (QED) is 0.705. The number of halogens is 2. The predicted molar refractivity (Wildman–Crippen MR) is 79.9 cm³/mol. The monoisotopic (exact) mass is 376 g/mol. The summed E-state index contributed by atoms with van der Waals surface area (Å²) in [6.45, 7) is 1.75. The van der Waals surface area contributed by atoms with E-state index in [1.54, 1.807) is 19.1 Å². The second-order valence-corrected chi connectivity index (χ2v) is 5.34. The average molecular weight is 377 g/mol. The van der Waals surface area contributed by atoms with Crippen molar-refractivity contribution in [3.8, 4) is 0 Å². The first-order valence-corrected chi connectivity index (χ1v) is 6.51. The topological polar surface area (TPSA) is 83.8 Å². The van der Waals surface area contributed by atoms with Crippen molar-refractivity contribution in [3.05, 3.63) is 38.2 Å². The lowest BCUT2D eigenvalue weighted by molar-refractivity contribution is 0.102. The van der Waals surface area contributed by atoms with E-state index in [2.05, 4.69) is 38.1 Å². The molecule has 4 N–H and O–H groups in total. The lowest BCUT2D eigenvalue weighted by atomic mass is 10.2. The van der Waals surface area contributed by atoms with Crippen LogP contribution in [0.2, 0.25) is 5.02 Å². The molecule has 0 aliphatic carbocycles. The number of aromatic amines is 1. The van der Waals surface area contributed by atoms with Gasteiger partial charge in [0.25, 0.3) is 5.91 Å². The van der Waals surface area contributed by atoms with Gasteiger partial charge in [-0.25, -0.2) is 0 Å². The van der Waals surface area contributed by atoms with E-state index in [9.17, 15) is 4.79 Å². The summed E-state index contributed by atoms with van der Waals surface area (Å²) < 4.78 is 0.991. The van der Waals surface area contributed by atoms with Crippen molar-refractivity contribution < 1.29 is 4.79 Å². The minimum Gasteiger partial charge on any atom is -0.395 e. The van der Waals surface area contributed by atoms with Crippen LogP contribution < -0.4 is 11.1 Å². The summed E-state index contributed by atoms with van der Waals surface area (Å²) in [4.78, 5) is 12.0. The zero-order valence-electron chi connectivity index (χ0n) is 9.42. The fraction of sp³-hybridized carbons (Fsp3) is 0.0909. The Bertz CT molecular complexity index is 611. The lowest BCUT2D eigenvalue weighted by Gasteiger charge is -2.06. The standard InChI is InChI=1S/C11H10ClIN4O/c1-5-9(14)10(17-16-5)11(18)15-8-3-2-6(13)4-7(8)12/h2-4H,14H2,1H3,(H,15,18)(H,16,17). The van der Waals surface area contributed by atoms with Crippen LogP contribution in [0.5, 0.6) is 0 Å². The number of nitrogens with two attached hydrogens (primary N) is 1. The Morgan fingerprint density at radius 3 is 2.83 bits per heavy atom. The molecule has 0 radical (unpaired) electrons. The Hall–Kier alpha value is -1.28. The van der Waals surface area contributed by atoms with Crippen LogP contribution in [-0.2, 0) is 0 Å². The Balaban J connectivity index is 2.24. The summed E-state index contributed by atoms with van der Waals surface area (Å²) in [7, 11) is 0. The van der Waals surface area contributed by atoms with Gasteiger partial charge < -0.3 is 11.1 Å². The summed E-state index contributed by atoms with van der Waals surface area (Å²) in [5, 5.41) is 9.65. The number of carbonyl (C=O) groups excluding carboxylic acids is 1. The number of rotatable bonds is 2. The van der Waals surface area contributed by atoms with E-state index >= 15 is 0 Å². The lowest BCUT2D eigenvalue weighted by Crippen LogP contribution is -2.14. The van der Waals surface area contributed by atoms with Crippen molar-refractivity contribution in [1.29, 1.82) is 0 Å². The molecule has 0 atom stereocenters. The Morgan fingerprint density at radius 1 is 1.56 bits per heavy atom. The van der Waals surface area contributed by atoms with E-state index in [1.165, 1.54) is 0 Å². The van der Waals surface area contributed by atoms with Gasteiger partial charge in [-0.2, -0.15) is 5.10 Å². The fourth-order valence-corrected chi connectivity index (χ4v) is 2.29. The number of nitrogens with one attached hydrogen (secondary N) is 2. The second-order valence-electron chi connectivity index (χ2n) is 3.69. The molecule has 0 saturated carbocycles. The van der Waals surface area contributed by atoms with Crippen LogP contribution in [0.1, 0.15) is 16.2 Å². The number of hydrogen-bond donors (Lipinski definition) is 3. The maximum atomic E-state index is 12.0. The Kier molecular flexibility index (Phi) is 3.76. The van der Waals surface area contributed by atoms with Gasteiger partial charge in [0.05, 0.1) is 22.1 Å². The molecule has 0 fully saturated rings. The van der Waals surface area contributed by atoms with E-state index in [4.69, 9.17) is 17.3 Å². The molecule has 0 bridgehead atoms. The predicted octanol–water partition coefficient (Wildman–Crippen LogP) is 2.81. The van der Waals surface area contributed by atoms with E-state index in [-0.39, 0.29) is 11.6 Å². The Morgan fingerprint density at radius 2 is 2.28 bits per heavy atom. The molecule has 0 saturated heterocycles. The normalized spacial score (nSPS) is 10.4. The zero-order valence-corrected chi connectivity index (χ0v) is 12.3. The molecule has 0 aliphatic heterocycles. The van der Waals surface area contributed by atoms with Crippen molar-refractivity contribution in [1.82, 2.24) is 10.2 Å². The van der Waals surface area contributed by atoms with Crippen LogP contribution in [-0.4, -0.2) is 16.1 Å². The number of nitrogens with zero attached hydrogens (tertiary/aromatic N) is 1. The van der Waals surface area contributed by atoms with E-state index in [0.29, 0.717) is 22.1 Å². The zero-order chi connectivity index (χ0) is 13.3. The first-order chi connectivity index (χ1) is 8.49. The number of amides is 1. The molecule has 1 aromatic carbocycles. The minimum atomic E-state index is -0.389. The molecule has 5 nitrogen and oxygen atoms in total. The smallest absolute Gasteiger partial charge is 0.278 e. The van der Waals surface area contributed by atoms with Gasteiger partial charge in [-0.1, -0.05) is 11.6 Å². The largest absolute Gasteiger partial charge is 0.395 e. The molecule has 2 aromatic rings. The third kappa shape index (κ3) is 2.59. The molecule has 2 rings (SSSR count). The van der Waals surface area contributed by atoms with Crippen LogP contribution in [0.25, 0.3) is 0 Å². The molecule has 1 aromatic heterocycles. The molecular weight excluding hydrogens is 367 g/mol. The number of anilines is 2. The number of aryl methyl sites for hydroxylation is 1. The van der Waals surface area contributed by atoms with E-state index in [0.717, 1.165) is 3.57 Å². The van der Waals surface area contributed by atoms with Crippen LogP contribution in [0.3, 0.4) is 0 Å². The van der Waals surface area contributed by atoms with Gasteiger partial charge in [0.15, 0.2) is 5.69 Å². The summed E-state index contributed by atoms with van der Waals surface area (Å²) in [6, 6.07) is 5.34. The first kappa shape index (κ1) is 13.2. The van der Waals surface area contributed by atoms with Gasteiger partial charge in [0, 0.05) is 3.57 Å². The highest BCUT2D eigenvalue weighted by Gasteiger charge is 2.16.